The number of imidazole rings is 1. The summed E-state index contributed by atoms with van der Waals surface area (Å²) >= 11 is 0. The average Bonchev–Trinajstić information content (AvgIpc) is 2.32. The summed E-state index contributed by atoms with van der Waals surface area (Å²) in [4.78, 5) is 5.51. The van der Waals surface area contributed by atoms with Crippen LogP contribution in [0.3, 0.4) is 0 Å². The van der Waals surface area contributed by atoms with E-state index in [4.69, 9.17) is 0 Å². The lowest BCUT2D eigenvalue weighted by Gasteiger charge is -2.02. The zero-order valence-corrected chi connectivity index (χ0v) is 7.44. The number of rotatable bonds is 2. The quantitative estimate of drug-likeness (QED) is 0.766. The Balaban J connectivity index is 2.75. The maximum atomic E-state index is 12.0. The van der Waals surface area contributed by atoms with E-state index >= 15 is 0 Å². The maximum Gasteiger partial charge on any atom is 0.449 e. The van der Waals surface area contributed by atoms with Crippen LogP contribution in [0.25, 0.3) is 0 Å². The normalized spacial score (nSPS) is 12.5. The summed E-state index contributed by atoms with van der Waals surface area (Å²) in [5, 5.41) is 0. The van der Waals surface area contributed by atoms with Crippen LogP contribution in [0.2, 0.25) is 0 Å². The summed E-state index contributed by atoms with van der Waals surface area (Å²) in [6.45, 7) is 3.88. The Bertz CT molecular complexity index is 275. The molecule has 1 heterocycles. The predicted molar refractivity (Wildman–Crippen MR) is 42.1 cm³/mol. The predicted octanol–water partition coefficient (Wildman–Crippen LogP) is 2.63. The Labute approximate surface area is 74.2 Å². The molecule has 74 valence electrons. The van der Waals surface area contributed by atoms with Crippen LogP contribution in [0.5, 0.6) is 0 Å². The molecule has 0 saturated heterocycles. The van der Waals surface area contributed by atoms with Crippen LogP contribution >= 0.6 is 0 Å². The zero-order chi connectivity index (χ0) is 10.1. The van der Waals surface area contributed by atoms with Crippen molar-refractivity contribution in [2.75, 3.05) is 0 Å². The van der Waals surface area contributed by atoms with Crippen molar-refractivity contribution in [3.05, 3.63) is 17.7 Å². The summed E-state index contributed by atoms with van der Waals surface area (Å²) in [5.74, 6) is -0.593. The molecule has 0 bridgehead atoms. The highest BCUT2D eigenvalue weighted by Crippen LogP contribution is 2.26. The first-order valence-corrected chi connectivity index (χ1v) is 4.00. The molecule has 0 aliphatic heterocycles. The molecule has 0 amide bonds. The van der Waals surface area contributed by atoms with Crippen LogP contribution in [0.4, 0.5) is 13.2 Å². The van der Waals surface area contributed by atoms with Gasteiger partial charge in [-0.05, 0) is 12.3 Å². The fourth-order valence-corrected chi connectivity index (χ4v) is 1.05. The monoisotopic (exact) mass is 192 g/mol. The molecule has 0 spiro atoms. The zero-order valence-electron chi connectivity index (χ0n) is 7.44. The molecule has 0 atom stereocenters. The number of aromatic nitrogens is 2. The summed E-state index contributed by atoms with van der Waals surface area (Å²) in [6.07, 6.45) is -2.54. The Morgan fingerprint density at radius 3 is 2.46 bits per heavy atom. The highest BCUT2D eigenvalue weighted by molar-refractivity contribution is 5.04. The van der Waals surface area contributed by atoms with Gasteiger partial charge in [0.25, 0.3) is 0 Å². The van der Waals surface area contributed by atoms with E-state index < -0.39 is 12.0 Å². The lowest BCUT2D eigenvalue weighted by atomic mass is 10.1. The first kappa shape index (κ1) is 10.1. The Hall–Kier alpha value is -1.00. The van der Waals surface area contributed by atoms with Crippen molar-refractivity contribution in [2.24, 2.45) is 5.92 Å². The van der Waals surface area contributed by atoms with Gasteiger partial charge in [-0.25, -0.2) is 4.98 Å². The van der Waals surface area contributed by atoms with Gasteiger partial charge in [0, 0.05) is 11.9 Å². The maximum absolute atomic E-state index is 12.0. The van der Waals surface area contributed by atoms with Crippen LogP contribution < -0.4 is 0 Å². The fraction of sp³-hybridized carbons (Fsp3) is 0.625. The van der Waals surface area contributed by atoms with Gasteiger partial charge < -0.3 is 4.98 Å². The third-order valence-electron chi connectivity index (χ3n) is 1.53. The van der Waals surface area contributed by atoms with Gasteiger partial charge in [-0.15, -0.1) is 0 Å². The van der Waals surface area contributed by atoms with Crippen molar-refractivity contribution < 1.29 is 13.2 Å². The van der Waals surface area contributed by atoms with Gasteiger partial charge in [-0.2, -0.15) is 13.2 Å². The van der Waals surface area contributed by atoms with Crippen molar-refractivity contribution in [2.45, 2.75) is 26.4 Å². The fourth-order valence-electron chi connectivity index (χ4n) is 1.05. The van der Waals surface area contributed by atoms with Crippen molar-refractivity contribution in [1.82, 2.24) is 9.97 Å². The molecule has 0 aliphatic carbocycles. The minimum Gasteiger partial charge on any atom is -0.338 e. The minimum atomic E-state index is -4.37. The summed E-state index contributed by atoms with van der Waals surface area (Å²) in [6, 6.07) is 0. The third kappa shape index (κ3) is 2.75. The number of alkyl halides is 3. The van der Waals surface area contributed by atoms with Crippen LogP contribution in [0.1, 0.15) is 25.4 Å². The molecule has 0 aliphatic rings. The minimum absolute atomic E-state index is 0.321. The van der Waals surface area contributed by atoms with Crippen molar-refractivity contribution in [3.8, 4) is 0 Å². The number of halogens is 3. The van der Waals surface area contributed by atoms with Gasteiger partial charge in [-0.3, -0.25) is 0 Å². The van der Waals surface area contributed by atoms with Crippen molar-refractivity contribution in [1.29, 1.82) is 0 Å². The Morgan fingerprint density at radius 1 is 1.46 bits per heavy atom. The molecule has 2 nitrogen and oxygen atoms in total. The van der Waals surface area contributed by atoms with Gasteiger partial charge in [0.1, 0.15) is 0 Å². The number of aromatic amines is 1. The van der Waals surface area contributed by atoms with Gasteiger partial charge in [-0.1, -0.05) is 13.8 Å². The molecule has 0 fully saturated rings. The molecule has 1 N–H and O–H groups in total. The SMILES string of the molecule is CC(C)Cc1cnc(C(F)(F)F)[nH]1. The number of nitrogens with one attached hydrogen (secondary N) is 1. The summed E-state index contributed by atoms with van der Waals surface area (Å²) < 4.78 is 36.1. The van der Waals surface area contributed by atoms with Crippen LogP contribution in [0, 0.1) is 5.92 Å². The molecule has 13 heavy (non-hydrogen) atoms. The molecular formula is C8H11F3N2. The first-order valence-electron chi connectivity index (χ1n) is 4.00. The highest BCUT2D eigenvalue weighted by atomic mass is 19.4. The van der Waals surface area contributed by atoms with E-state index in [2.05, 4.69) is 9.97 Å². The van der Waals surface area contributed by atoms with E-state index in [-0.39, 0.29) is 0 Å². The van der Waals surface area contributed by atoms with E-state index in [0.717, 1.165) is 0 Å². The number of H-pyrrole nitrogens is 1. The van der Waals surface area contributed by atoms with Gasteiger partial charge in [0.05, 0.1) is 0 Å². The van der Waals surface area contributed by atoms with Crippen molar-refractivity contribution in [3.63, 3.8) is 0 Å². The van der Waals surface area contributed by atoms with E-state index in [0.29, 0.717) is 18.0 Å². The second kappa shape index (κ2) is 3.40. The number of nitrogens with zero attached hydrogens (tertiary/aromatic N) is 1. The van der Waals surface area contributed by atoms with Crippen LogP contribution in [-0.2, 0) is 12.6 Å². The number of hydrogen-bond acceptors (Lipinski definition) is 1. The molecular weight excluding hydrogens is 181 g/mol. The largest absolute Gasteiger partial charge is 0.449 e. The van der Waals surface area contributed by atoms with E-state index in [1.54, 1.807) is 0 Å². The lowest BCUT2D eigenvalue weighted by Crippen LogP contribution is -2.07. The van der Waals surface area contributed by atoms with Gasteiger partial charge in [0.2, 0.25) is 5.82 Å². The molecule has 0 unspecified atom stereocenters. The third-order valence-corrected chi connectivity index (χ3v) is 1.53. The van der Waals surface area contributed by atoms with Crippen LogP contribution in [-0.4, -0.2) is 9.97 Å². The smallest absolute Gasteiger partial charge is 0.338 e. The second-order valence-corrected chi connectivity index (χ2v) is 3.35. The van der Waals surface area contributed by atoms with Crippen molar-refractivity contribution >= 4 is 0 Å². The van der Waals surface area contributed by atoms with E-state index in [9.17, 15) is 13.2 Å². The highest BCUT2D eigenvalue weighted by Gasteiger charge is 2.34. The first-order chi connectivity index (χ1) is 5.89. The summed E-state index contributed by atoms with van der Waals surface area (Å²) in [5.41, 5.74) is 0.530. The average molecular weight is 192 g/mol. The topological polar surface area (TPSA) is 28.7 Å². The van der Waals surface area contributed by atoms with E-state index in [1.807, 2.05) is 13.8 Å². The Morgan fingerprint density at radius 2 is 2.08 bits per heavy atom. The number of hydrogen-bond donors (Lipinski definition) is 1. The Kier molecular flexibility index (Phi) is 2.63. The van der Waals surface area contributed by atoms with Gasteiger partial charge >= 0.3 is 6.18 Å². The molecule has 1 aromatic rings. The van der Waals surface area contributed by atoms with Crippen LogP contribution in [0.15, 0.2) is 6.20 Å². The molecule has 0 radical (unpaired) electrons. The summed E-state index contributed by atoms with van der Waals surface area (Å²) in [7, 11) is 0. The van der Waals surface area contributed by atoms with Gasteiger partial charge in [0.15, 0.2) is 0 Å². The lowest BCUT2D eigenvalue weighted by molar-refractivity contribution is -0.144. The molecule has 0 aromatic carbocycles. The second-order valence-electron chi connectivity index (χ2n) is 3.35. The molecule has 5 heteroatoms. The van der Waals surface area contributed by atoms with E-state index in [1.165, 1.54) is 6.20 Å². The molecule has 1 rings (SSSR count). The molecule has 1 aromatic heterocycles. The standard InChI is InChI=1S/C8H11F3N2/c1-5(2)3-6-4-12-7(13-6)8(9,10)11/h4-5H,3H2,1-2H3,(H,12,13). The molecule has 0 saturated carbocycles.